The standard InChI is InChI=1S/C26H31OSi.2ClH.Zr/c1-5-26(18-19-27-28(2,3)4,24-16-14-20-10-6-8-12-22(20)24)25-17-15-21-11-7-9-13-23(21)25;;;/h6-17,19,24-25H,5,18H2,1-4H3;2*1H;/q;;;+2/p-2. The Morgan fingerprint density at radius 3 is 1.81 bits per heavy atom. The Hall–Kier alpha value is -0.440. The summed E-state index contributed by atoms with van der Waals surface area (Å²) >= 11 is -2.67. The minimum absolute atomic E-state index is 0.000301. The second-order valence-corrected chi connectivity index (χ2v) is 23.2. The van der Waals surface area contributed by atoms with Crippen molar-refractivity contribution in [1.82, 2.24) is 0 Å². The number of allylic oxidation sites excluding steroid dienone is 2. The van der Waals surface area contributed by atoms with Crippen LogP contribution >= 0.6 is 17.0 Å². The predicted molar refractivity (Wildman–Crippen MR) is 134 cm³/mol. The molecule has 0 fully saturated rings. The van der Waals surface area contributed by atoms with E-state index in [1.807, 2.05) is 0 Å². The Kier molecular flexibility index (Phi) is 7.21. The normalized spacial score (nSPS) is 22.1. The third-order valence-corrected chi connectivity index (χ3v) is 13.2. The van der Waals surface area contributed by atoms with Crippen LogP contribution < -0.4 is 0 Å². The Bertz CT molecular complexity index is 933. The van der Waals surface area contributed by atoms with E-state index < -0.39 is 27.7 Å². The van der Waals surface area contributed by atoms with Gasteiger partial charge in [-0.3, -0.25) is 0 Å². The third kappa shape index (κ3) is 4.78. The van der Waals surface area contributed by atoms with Gasteiger partial charge in [0.2, 0.25) is 0 Å². The number of hydrogen-bond donors (Lipinski definition) is 0. The number of halogens is 2. The quantitative estimate of drug-likeness (QED) is 0.300. The molecule has 0 N–H and O–H groups in total. The van der Waals surface area contributed by atoms with E-state index in [4.69, 9.17) is 21.5 Å². The molecule has 2 aromatic carbocycles. The molecule has 0 spiro atoms. The van der Waals surface area contributed by atoms with E-state index in [9.17, 15) is 0 Å². The van der Waals surface area contributed by atoms with Crippen molar-refractivity contribution in [1.29, 1.82) is 0 Å². The molecular weight excluding hydrogens is 519 g/mol. The van der Waals surface area contributed by atoms with Crippen molar-refractivity contribution in [3.63, 3.8) is 0 Å². The molecule has 0 amide bonds. The maximum atomic E-state index is 6.75. The van der Waals surface area contributed by atoms with Gasteiger partial charge in [0.1, 0.15) is 0 Å². The van der Waals surface area contributed by atoms with Crippen LogP contribution in [0.2, 0.25) is 19.6 Å². The molecule has 0 aliphatic heterocycles. The van der Waals surface area contributed by atoms with Crippen LogP contribution in [-0.2, 0) is 23.8 Å². The van der Waals surface area contributed by atoms with Crippen LogP contribution in [0.25, 0.3) is 12.2 Å². The molecule has 3 atom stereocenters. The second kappa shape index (κ2) is 9.43. The average Bonchev–Trinajstić information content (AvgIpc) is 3.35. The van der Waals surface area contributed by atoms with E-state index in [-0.39, 0.29) is 9.23 Å². The van der Waals surface area contributed by atoms with Crippen LogP contribution in [-0.4, -0.2) is 12.1 Å². The predicted octanol–water partition coefficient (Wildman–Crippen LogP) is 8.50. The summed E-state index contributed by atoms with van der Waals surface area (Å²) < 4.78 is 6.67. The van der Waals surface area contributed by atoms with Gasteiger partial charge in [0.15, 0.2) is 0 Å². The molecule has 0 heterocycles. The molecule has 163 valence electrons. The van der Waals surface area contributed by atoms with Crippen LogP contribution in [0.3, 0.4) is 0 Å². The van der Waals surface area contributed by atoms with Crippen molar-refractivity contribution < 1.29 is 23.8 Å². The second-order valence-electron chi connectivity index (χ2n) is 9.73. The fourth-order valence-corrected chi connectivity index (χ4v) is 13.6. The van der Waals surface area contributed by atoms with Crippen molar-refractivity contribution in [2.45, 2.75) is 55.1 Å². The zero-order valence-electron chi connectivity index (χ0n) is 18.7. The summed E-state index contributed by atoms with van der Waals surface area (Å²) in [6.07, 6.45) is 11.4. The van der Waals surface area contributed by atoms with Gasteiger partial charge in [0, 0.05) is 0 Å². The van der Waals surface area contributed by atoms with E-state index in [2.05, 4.69) is 99.4 Å². The van der Waals surface area contributed by atoms with Crippen molar-refractivity contribution in [3.05, 3.63) is 82.9 Å². The zero-order valence-corrected chi connectivity index (χ0v) is 23.7. The Morgan fingerprint density at radius 1 is 0.903 bits per heavy atom. The van der Waals surface area contributed by atoms with Crippen LogP contribution in [0, 0.1) is 5.41 Å². The van der Waals surface area contributed by atoms with Crippen LogP contribution in [0.1, 0.15) is 53.9 Å². The van der Waals surface area contributed by atoms with Gasteiger partial charge in [-0.15, -0.1) is 0 Å². The first-order chi connectivity index (χ1) is 14.7. The zero-order chi connectivity index (χ0) is 22.2. The van der Waals surface area contributed by atoms with Crippen molar-refractivity contribution >= 4 is 37.5 Å². The molecule has 1 nitrogen and oxygen atoms in total. The van der Waals surface area contributed by atoms with E-state index in [1.54, 1.807) is 0 Å². The molecule has 0 bridgehead atoms. The summed E-state index contributed by atoms with van der Waals surface area (Å²) in [6.45, 7) is 9.05. The molecule has 0 saturated heterocycles. The summed E-state index contributed by atoms with van der Waals surface area (Å²) in [5.41, 5.74) is 5.47. The molecular formula is C26H31Cl2OSiZr. The SMILES string of the molecule is CCC(C[CH](O[Si](C)(C)C)[Zr]([Cl])[Cl])(C1C=Cc2ccccc21)C1C=Cc2ccccc21. The average molecular weight is 550 g/mol. The molecule has 0 radical (unpaired) electrons. The van der Waals surface area contributed by atoms with Crippen molar-refractivity contribution in [3.8, 4) is 0 Å². The summed E-state index contributed by atoms with van der Waals surface area (Å²) in [6, 6.07) is 17.6. The topological polar surface area (TPSA) is 9.23 Å². The Morgan fingerprint density at radius 2 is 1.39 bits per heavy atom. The van der Waals surface area contributed by atoms with Crippen molar-refractivity contribution in [2.75, 3.05) is 0 Å². The monoisotopic (exact) mass is 547 g/mol. The van der Waals surface area contributed by atoms with Gasteiger partial charge in [0.25, 0.3) is 0 Å². The molecule has 4 rings (SSSR count). The van der Waals surface area contributed by atoms with Crippen LogP contribution in [0.15, 0.2) is 60.7 Å². The fourth-order valence-electron chi connectivity index (χ4n) is 5.47. The molecule has 2 aromatic rings. The number of fused-ring (bicyclic) bond motifs is 2. The van der Waals surface area contributed by atoms with E-state index in [0.29, 0.717) is 11.8 Å². The molecule has 2 aliphatic carbocycles. The first kappa shape index (κ1) is 23.7. The summed E-state index contributed by atoms with van der Waals surface area (Å²) in [7, 11) is 11.7. The number of benzene rings is 2. The third-order valence-electron chi connectivity index (χ3n) is 6.80. The molecule has 5 heteroatoms. The molecule has 0 saturated carbocycles. The van der Waals surface area contributed by atoms with Gasteiger partial charge in [-0.25, -0.2) is 0 Å². The molecule has 31 heavy (non-hydrogen) atoms. The first-order valence-electron chi connectivity index (χ1n) is 11.1. The van der Waals surface area contributed by atoms with E-state index in [1.165, 1.54) is 22.3 Å². The fraction of sp³-hybridized carbons (Fsp3) is 0.385. The van der Waals surface area contributed by atoms with Gasteiger partial charge in [-0.2, -0.15) is 0 Å². The summed E-state index contributed by atoms with van der Waals surface area (Å²) in [5.74, 6) is 0.636. The van der Waals surface area contributed by atoms with Gasteiger partial charge >= 0.3 is 205 Å². The maximum absolute atomic E-state index is 6.75. The first-order valence-corrected chi connectivity index (χ1v) is 22.3. The van der Waals surface area contributed by atoms with Gasteiger partial charge in [-0.1, -0.05) is 0 Å². The van der Waals surface area contributed by atoms with E-state index in [0.717, 1.165) is 12.8 Å². The Balaban J connectivity index is 1.83. The number of rotatable bonds is 8. The number of hydrogen-bond acceptors (Lipinski definition) is 1. The molecule has 0 aromatic heterocycles. The minimum atomic E-state index is -2.67. The summed E-state index contributed by atoms with van der Waals surface area (Å²) in [5, 5.41) is 0. The van der Waals surface area contributed by atoms with Gasteiger partial charge in [0.05, 0.1) is 0 Å². The molecule has 2 aliphatic rings. The van der Waals surface area contributed by atoms with Gasteiger partial charge in [-0.05, 0) is 0 Å². The van der Waals surface area contributed by atoms with Crippen LogP contribution in [0.5, 0.6) is 0 Å². The van der Waals surface area contributed by atoms with Crippen LogP contribution in [0.4, 0.5) is 0 Å². The van der Waals surface area contributed by atoms with Crippen molar-refractivity contribution in [2.24, 2.45) is 5.41 Å². The molecule has 3 unspecified atom stereocenters. The Labute approximate surface area is 203 Å². The van der Waals surface area contributed by atoms with E-state index >= 15 is 0 Å². The van der Waals surface area contributed by atoms with Gasteiger partial charge < -0.3 is 0 Å². The summed E-state index contributed by atoms with van der Waals surface area (Å²) in [4.78, 5) is 0.